The number of aryl methyl sites for hydroxylation is 1. The average molecular weight is 370 g/mol. The van der Waals surface area contributed by atoms with E-state index in [9.17, 15) is 8.42 Å². The molecule has 1 aromatic carbocycles. The van der Waals surface area contributed by atoms with E-state index in [2.05, 4.69) is 21.0 Å². The molecule has 1 saturated heterocycles. The molecule has 5 nitrogen and oxygen atoms in total. The summed E-state index contributed by atoms with van der Waals surface area (Å²) >= 11 is 3.47. The molecule has 21 heavy (non-hydrogen) atoms. The first-order chi connectivity index (χ1) is 9.85. The highest BCUT2D eigenvalue weighted by Crippen LogP contribution is 2.30. The second kappa shape index (κ2) is 5.14. The number of benzene rings is 1. The number of nitrogens with two attached hydrogens (primary N) is 1. The van der Waals surface area contributed by atoms with E-state index < -0.39 is 9.84 Å². The largest absolute Gasteiger partial charge is 0.384 e. The van der Waals surface area contributed by atoms with E-state index in [0.717, 1.165) is 21.3 Å². The molecule has 112 valence electrons. The van der Waals surface area contributed by atoms with Crippen molar-refractivity contribution in [2.24, 2.45) is 0 Å². The molecule has 1 aliphatic heterocycles. The number of hydrogen-bond donors (Lipinski definition) is 1. The lowest BCUT2D eigenvalue weighted by atomic mass is 10.1. The van der Waals surface area contributed by atoms with Crippen molar-refractivity contribution in [2.45, 2.75) is 19.4 Å². The molecule has 1 aliphatic rings. The third kappa shape index (κ3) is 2.85. The van der Waals surface area contributed by atoms with Gasteiger partial charge in [-0.3, -0.25) is 0 Å². The zero-order valence-corrected chi connectivity index (χ0v) is 14.0. The molecule has 2 aromatic rings. The molecule has 1 fully saturated rings. The van der Waals surface area contributed by atoms with E-state index in [1.165, 1.54) is 0 Å². The molecule has 3 rings (SSSR count). The highest BCUT2D eigenvalue weighted by molar-refractivity contribution is 9.10. The van der Waals surface area contributed by atoms with Crippen LogP contribution in [0.15, 0.2) is 28.7 Å². The van der Waals surface area contributed by atoms with Crippen molar-refractivity contribution in [3.05, 3.63) is 34.3 Å². The molecule has 1 atom stereocenters. The Bertz CT molecular complexity index is 799. The lowest BCUT2D eigenvalue weighted by Crippen LogP contribution is -2.14. The average Bonchev–Trinajstić information content (AvgIpc) is 2.95. The topological polar surface area (TPSA) is 78.0 Å². The molecule has 7 heteroatoms. The van der Waals surface area contributed by atoms with Crippen LogP contribution in [0, 0.1) is 6.92 Å². The second-order valence-corrected chi connectivity index (χ2v) is 8.50. The van der Waals surface area contributed by atoms with Gasteiger partial charge in [0.25, 0.3) is 0 Å². The van der Waals surface area contributed by atoms with Crippen LogP contribution in [0.5, 0.6) is 0 Å². The van der Waals surface area contributed by atoms with E-state index in [0.29, 0.717) is 12.2 Å². The van der Waals surface area contributed by atoms with E-state index in [1.54, 1.807) is 10.7 Å². The van der Waals surface area contributed by atoms with Gasteiger partial charge in [-0.05, 0) is 31.0 Å². The van der Waals surface area contributed by atoms with Crippen molar-refractivity contribution in [3.63, 3.8) is 0 Å². The summed E-state index contributed by atoms with van der Waals surface area (Å²) in [5.74, 6) is 0.842. The number of nitrogen functional groups attached to an aromatic ring is 1. The predicted octanol–water partition coefficient (Wildman–Crippen LogP) is 2.56. The molecular formula is C14H16BrN3O2S. The number of halogens is 1. The molecule has 2 heterocycles. The Hall–Kier alpha value is -1.34. The van der Waals surface area contributed by atoms with E-state index >= 15 is 0 Å². The predicted molar refractivity (Wildman–Crippen MR) is 86.8 cm³/mol. The van der Waals surface area contributed by atoms with Crippen molar-refractivity contribution in [3.8, 4) is 11.3 Å². The van der Waals surface area contributed by atoms with Crippen LogP contribution in [0.3, 0.4) is 0 Å². The number of rotatable bonds is 2. The first kappa shape index (κ1) is 14.6. The summed E-state index contributed by atoms with van der Waals surface area (Å²) in [4.78, 5) is 0. The third-order valence-electron chi connectivity index (χ3n) is 3.77. The van der Waals surface area contributed by atoms with Crippen LogP contribution < -0.4 is 5.73 Å². The van der Waals surface area contributed by atoms with Gasteiger partial charge in [-0.25, -0.2) is 13.1 Å². The highest BCUT2D eigenvalue weighted by atomic mass is 79.9. The molecule has 0 bridgehead atoms. The smallest absolute Gasteiger partial charge is 0.152 e. The minimum atomic E-state index is -2.95. The summed E-state index contributed by atoms with van der Waals surface area (Å²) in [7, 11) is -2.95. The van der Waals surface area contributed by atoms with Crippen LogP contribution in [0.1, 0.15) is 18.0 Å². The second-order valence-electron chi connectivity index (χ2n) is 5.42. The van der Waals surface area contributed by atoms with Gasteiger partial charge in [-0.2, -0.15) is 5.10 Å². The van der Waals surface area contributed by atoms with Crippen molar-refractivity contribution >= 4 is 31.6 Å². The summed E-state index contributed by atoms with van der Waals surface area (Å²) in [6.45, 7) is 2.01. The monoisotopic (exact) mass is 369 g/mol. The molecule has 0 aliphatic carbocycles. The zero-order valence-electron chi connectivity index (χ0n) is 11.6. The molecule has 2 N–H and O–H groups in total. The Balaban J connectivity index is 1.96. The van der Waals surface area contributed by atoms with Gasteiger partial charge in [0, 0.05) is 16.1 Å². The molecule has 0 radical (unpaired) electrons. The van der Waals surface area contributed by atoms with E-state index in [1.807, 2.05) is 25.1 Å². The van der Waals surface area contributed by atoms with Crippen molar-refractivity contribution in [1.82, 2.24) is 9.78 Å². The van der Waals surface area contributed by atoms with Crippen LogP contribution in [-0.4, -0.2) is 29.7 Å². The van der Waals surface area contributed by atoms with Crippen molar-refractivity contribution in [1.29, 1.82) is 0 Å². The maximum absolute atomic E-state index is 11.6. The van der Waals surface area contributed by atoms with Crippen LogP contribution in [0.4, 0.5) is 5.82 Å². The maximum Gasteiger partial charge on any atom is 0.152 e. The van der Waals surface area contributed by atoms with Gasteiger partial charge in [-0.1, -0.05) is 22.0 Å². The number of sulfone groups is 1. The Morgan fingerprint density at radius 3 is 2.76 bits per heavy atom. The van der Waals surface area contributed by atoms with Crippen LogP contribution in [0.2, 0.25) is 0 Å². The van der Waals surface area contributed by atoms with Gasteiger partial charge in [0.1, 0.15) is 5.82 Å². The standard InChI is InChI=1S/C14H16BrN3O2S/c1-9-6-10(2-3-12(9)15)13-7-14(16)18(17-13)11-4-5-21(19,20)8-11/h2-3,6-7,11H,4-5,8,16H2,1H3. The SMILES string of the molecule is Cc1cc(-c2cc(N)n(C3CCS(=O)(=O)C3)n2)ccc1Br. The van der Waals surface area contributed by atoms with Gasteiger partial charge in [0.05, 0.1) is 23.2 Å². The molecule has 0 spiro atoms. The fraction of sp³-hybridized carbons (Fsp3) is 0.357. The lowest BCUT2D eigenvalue weighted by molar-refractivity contribution is 0.508. The Kier molecular flexibility index (Phi) is 3.57. The third-order valence-corrected chi connectivity index (χ3v) is 6.41. The maximum atomic E-state index is 11.6. The normalized spacial score (nSPS) is 20.8. The van der Waals surface area contributed by atoms with Gasteiger partial charge in [0.15, 0.2) is 9.84 Å². The van der Waals surface area contributed by atoms with Crippen LogP contribution in [0.25, 0.3) is 11.3 Å². The number of hydrogen-bond acceptors (Lipinski definition) is 4. The van der Waals surface area contributed by atoms with Crippen molar-refractivity contribution in [2.75, 3.05) is 17.2 Å². The first-order valence-corrected chi connectivity index (χ1v) is 9.29. The van der Waals surface area contributed by atoms with E-state index in [-0.39, 0.29) is 17.5 Å². The van der Waals surface area contributed by atoms with Crippen molar-refractivity contribution < 1.29 is 8.42 Å². The zero-order chi connectivity index (χ0) is 15.2. The minimum absolute atomic E-state index is 0.123. The Morgan fingerprint density at radius 2 is 2.14 bits per heavy atom. The van der Waals surface area contributed by atoms with Gasteiger partial charge >= 0.3 is 0 Å². The van der Waals surface area contributed by atoms with Gasteiger partial charge in [0.2, 0.25) is 0 Å². The Morgan fingerprint density at radius 1 is 1.38 bits per heavy atom. The highest BCUT2D eigenvalue weighted by Gasteiger charge is 2.31. The lowest BCUT2D eigenvalue weighted by Gasteiger charge is -2.10. The Labute approximate surface area is 132 Å². The summed E-state index contributed by atoms with van der Waals surface area (Å²) in [5.41, 5.74) is 8.87. The quantitative estimate of drug-likeness (QED) is 0.881. The first-order valence-electron chi connectivity index (χ1n) is 6.68. The summed E-state index contributed by atoms with van der Waals surface area (Å²) in [6, 6.07) is 7.62. The summed E-state index contributed by atoms with van der Waals surface area (Å²) < 4.78 is 25.9. The molecular weight excluding hydrogens is 354 g/mol. The fourth-order valence-corrected chi connectivity index (χ4v) is 4.55. The van der Waals surface area contributed by atoms with Crippen LogP contribution in [-0.2, 0) is 9.84 Å². The van der Waals surface area contributed by atoms with E-state index in [4.69, 9.17) is 5.73 Å². The molecule has 0 amide bonds. The van der Waals surface area contributed by atoms with Crippen LogP contribution >= 0.6 is 15.9 Å². The number of nitrogens with zero attached hydrogens (tertiary/aromatic N) is 2. The van der Waals surface area contributed by atoms with Gasteiger partial charge in [-0.15, -0.1) is 0 Å². The molecule has 0 saturated carbocycles. The number of aromatic nitrogens is 2. The summed E-state index contributed by atoms with van der Waals surface area (Å²) in [5, 5.41) is 4.51. The fourth-order valence-electron chi connectivity index (χ4n) is 2.61. The summed E-state index contributed by atoms with van der Waals surface area (Å²) in [6.07, 6.45) is 0.576. The van der Waals surface area contributed by atoms with Gasteiger partial charge < -0.3 is 5.73 Å². The number of anilines is 1. The molecule has 1 aromatic heterocycles. The molecule has 1 unspecified atom stereocenters. The minimum Gasteiger partial charge on any atom is -0.384 e.